The molecule has 0 aliphatic heterocycles. The molecule has 0 heterocycles. The fourth-order valence-corrected chi connectivity index (χ4v) is 3.17. The zero-order valence-electron chi connectivity index (χ0n) is 10.8. The normalized spacial score (nSPS) is 11.7. The first-order valence-corrected chi connectivity index (χ1v) is 7.32. The number of sulfonamides is 1. The Morgan fingerprint density at radius 2 is 1.65 bits per heavy atom. The lowest BCUT2D eigenvalue weighted by Gasteiger charge is -2.20. The molecule has 5 nitrogen and oxygen atoms in total. The lowest BCUT2D eigenvalue weighted by Crippen LogP contribution is -2.27. The summed E-state index contributed by atoms with van der Waals surface area (Å²) in [7, 11) is -2.23. The zero-order chi connectivity index (χ0) is 14.6. The second kappa shape index (κ2) is 5.75. The van der Waals surface area contributed by atoms with Gasteiger partial charge in [0.05, 0.1) is 16.8 Å². The molecule has 2 rings (SSSR count). The fraction of sp³-hybridized carbons (Fsp3) is 0.0714. The maximum atomic E-state index is 12.6. The SMILES string of the molecule is CN(c1ccccc1)S(=O)(=O)c1ccccc1/C=N/O. The molecular weight excluding hydrogens is 276 g/mol. The van der Waals surface area contributed by atoms with E-state index in [1.54, 1.807) is 42.5 Å². The lowest BCUT2D eigenvalue weighted by molar-refractivity contribution is 0.321. The average Bonchev–Trinajstić information content (AvgIpc) is 2.48. The summed E-state index contributed by atoms with van der Waals surface area (Å²) in [5.41, 5.74) is 0.890. The van der Waals surface area contributed by atoms with Crippen molar-refractivity contribution in [1.29, 1.82) is 0 Å². The summed E-state index contributed by atoms with van der Waals surface area (Å²) < 4.78 is 26.4. The molecule has 2 aromatic carbocycles. The largest absolute Gasteiger partial charge is 0.411 e. The Hall–Kier alpha value is -2.34. The zero-order valence-corrected chi connectivity index (χ0v) is 11.7. The first-order chi connectivity index (χ1) is 9.57. The van der Waals surface area contributed by atoms with Crippen LogP contribution in [0.3, 0.4) is 0 Å². The Balaban J connectivity index is 2.51. The van der Waals surface area contributed by atoms with Crippen LogP contribution in [0, 0.1) is 0 Å². The van der Waals surface area contributed by atoms with Crippen molar-refractivity contribution < 1.29 is 13.6 Å². The minimum Gasteiger partial charge on any atom is -0.411 e. The Morgan fingerprint density at radius 3 is 2.30 bits per heavy atom. The van der Waals surface area contributed by atoms with Gasteiger partial charge in [0.15, 0.2) is 0 Å². The molecule has 0 saturated heterocycles. The van der Waals surface area contributed by atoms with Gasteiger partial charge in [0.1, 0.15) is 0 Å². The first-order valence-electron chi connectivity index (χ1n) is 5.88. The van der Waals surface area contributed by atoms with Gasteiger partial charge in [0.25, 0.3) is 10.0 Å². The number of hydrogen-bond donors (Lipinski definition) is 1. The van der Waals surface area contributed by atoms with Crippen LogP contribution in [-0.4, -0.2) is 26.9 Å². The predicted molar refractivity (Wildman–Crippen MR) is 77.9 cm³/mol. The van der Waals surface area contributed by atoms with Gasteiger partial charge in [-0.05, 0) is 18.2 Å². The van der Waals surface area contributed by atoms with E-state index in [1.807, 2.05) is 6.07 Å². The molecule has 20 heavy (non-hydrogen) atoms. The number of nitrogens with zero attached hydrogens (tertiary/aromatic N) is 2. The van der Waals surface area contributed by atoms with E-state index in [9.17, 15) is 8.42 Å². The summed E-state index contributed by atoms with van der Waals surface area (Å²) in [6.45, 7) is 0. The van der Waals surface area contributed by atoms with Crippen molar-refractivity contribution in [2.24, 2.45) is 5.16 Å². The van der Waals surface area contributed by atoms with Gasteiger partial charge in [-0.2, -0.15) is 0 Å². The quantitative estimate of drug-likeness (QED) is 0.533. The number of anilines is 1. The van der Waals surface area contributed by atoms with Crippen LogP contribution in [0.1, 0.15) is 5.56 Å². The van der Waals surface area contributed by atoms with Crippen LogP contribution in [0.4, 0.5) is 5.69 Å². The van der Waals surface area contributed by atoms with E-state index in [2.05, 4.69) is 5.16 Å². The van der Waals surface area contributed by atoms with Gasteiger partial charge >= 0.3 is 0 Å². The molecule has 0 bridgehead atoms. The van der Waals surface area contributed by atoms with E-state index in [1.165, 1.54) is 17.4 Å². The maximum Gasteiger partial charge on any atom is 0.264 e. The highest BCUT2D eigenvalue weighted by atomic mass is 32.2. The molecule has 0 atom stereocenters. The maximum absolute atomic E-state index is 12.6. The van der Waals surface area contributed by atoms with Gasteiger partial charge in [-0.25, -0.2) is 8.42 Å². The Morgan fingerprint density at radius 1 is 1.05 bits per heavy atom. The number of benzene rings is 2. The van der Waals surface area contributed by atoms with Crippen molar-refractivity contribution >= 4 is 21.9 Å². The van der Waals surface area contributed by atoms with Gasteiger partial charge < -0.3 is 5.21 Å². The summed E-state index contributed by atoms with van der Waals surface area (Å²) >= 11 is 0. The molecule has 0 aromatic heterocycles. The van der Waals surface area contributed by atoms with E-state index in [4.69, 9.17) is 5.21 Å². The topological polar surface area (TPSA) is 70.0 Å². The Kier molecular flexibility index (Phi) is 4.05. The lowest BCUT2D eigenvalue weighted by atomic mass is 10.2. The standard InChI is InChI=1S/C14H14N2O3S/c1-16(13-8-3-2-4-9-13)20(18,19)14-10-6-5-7-12(14)11-15-17/h2-11,17H,1H3/b15-11+. The van der Waals surface area contributed by atoms with Crippen LogP contribution < -0.4 is 4.31 Å². The summed E-state index contributed by atoms with van der Waals surface area (Å²) in [5.74, 6) is 0. The molecule has 0 radical (unpaired) electrons. The van der Waals surface area contributed by atoms with Crippen molar-refractivity contribution in [3.05, 3.63) is 60.2 Å². The predicted octanol–water partition coefficient (Wildman–Crippen LogP) is 2.32. The van der Waals surface area contributed by atoms with Crippen molar-refractivity contribution in [2.45, 2.75) is 4.90 Å². The van der Waals surface area contributed by atoms with Crippen LogP contribution in [-0.2, 0) is 10.0 Å². The second-order valence-corrected chi connectivity index (χ2v) is 6.03. The number of hydrogen-bond acceptors (Lipinski definition) is 4. The molecule has 0 aliphatic carbocycles. The number of oxime groups is 1. The van der Waals surface area contributed by atoms with Gasteiger partial charge in [0.2, 0.25) is 0 Å². The Labute approximate surface area is 117 Å². The molecule has 6 heteroatoms. The molecule has 0 fully saturated rings. The summed E-state index contributed by atoms with van der Waals surface area (Å²) in [6.07, 6.45) is 1.10. The first kappa shape index (κ1) is 14.1. The van der Waals surface area contributed by atoms with E-state index < -0.39 is 10.0 Å². The van der Waals surface area contributed by atoms with Crippen LogP contribution in [0.15, 0.2) is 64.6 Å². The molecule has 0 unspecified atom stereocenters. The monoisotopic (exact) mass is 290 g/mol. The number of para-hydroxylation sites is 1. The third-order valence-electron chi connectivity index (χ3n) is 2.87. The molecule has 2 aromatic rings. The van der Waals surface area contributed by atoms with Crippen molar-refractivity contribution in [2.75, 3.05) is 11.4 Å². The smallest absolute Gasteiger partial charge is 0.264 e. The van der Waals surface area contributed by atoms with E-state index >= 15 is 0 Å². The molecule has 0 aliphatic rings. The van der Waals surface area contributed by atoms with E-state index in [0.29, 0.717) is 11.3 Å². The van der Waals surface area contributed by atoms with Gasteiger partial charge in [-0.3, -0.25) is 4.31 Å². The third-order valence-corrected chi connectivity index (χ3v) is 4.73. The highest BCUT2D eigenvalue weighted by molar-refractivity contribution is 7.92. The van der Waals surface area contributed by atoms with Crippen LogP contribution in [0.25, 0.3) is 0 Å². The molecular formula is C14H14N2O3S. The highest BCUT2D eigenvalue weighted by Crippen LogP contribution is 2.23. The number of rotatable bonds is 4. The molecule has 0 saturated carbocycles. The van der Waals surface area contributed by atoms with Crippen LogP contribution in [0.5, 0.6) is 0 Å². The Bertz CT molecular complexity index is 712. The average molecular weight is 290 g/mol. The molecule has 104 valence electrons. The second-order valence-electron chi connectivity index (χ2n) is 4.09. The minimum atomic E-state index is -3.71. The third kappa shape index (κ3) is 2.65. The van der Waals surface area contributed by atoms with Gasteiger partial charge in [0, 0.05) is 12.6 Å². The molecule has 1 N–H and O–H groups in total. The van der Waals surface area contributed by atoms with Crippen LogP contribution >= 0.6 is 0 Å². The summed E-state index contributed by atoms with van der Waals surface area (Å²) in [4.78, 5) is 0.0872. The van der Waals surface area contributed by atoms with Crippen LogP contribution in [0.2, 0.25) is 0 Å². The summed E-state index contributed by atoms with van der Waals surface area (Å²) in [6, 6.07) is 15.1. The van der Waals surface area contributed by atoms with E-state index in [0.717, 1.165) is 6.21 Å². The van der Waals surface area contributed by atoms with Gasteiger partial charge in [-0.1, -0.05) is 41.6 Å². The van der Waals surface area contributed by atoms with Gasteiger partial charge in [-0.15, -0.1) is 0 Å². The minimum absolute atomic E-state index is 0.0872. The van der Waals surface area contributed by atoms with Crippen molar-refractivity contribution in [1.82, 2.24) is 0 Å². The molecule has 0 spiro atoms. The highest BCUT2D eigenvalue weighted by Gasteiger charge is 2.23. The van der Waals surface area contributed by atoms with Crippen molar-refractivity contribution in [3.8, 4) is 0 Å². The fourth-order valence-electron chi connectivity index (χ4n) is 1.81. The van der Waals surface area contributed by atoms with Crippen molar-refractivity contribution in [3.63, 3.8) is 0 Å². The van der Waals surface area contributed by atoms with E-state index in [-0.39, 0.29) is 4.90 Å². The molecule has 0 amide bonds. The summed E-state index contributed by atoms with van der Waals surface area (Å²) in [5, 5.41) is 11.5.